The van der Waals surface area contributed by atoms with E-state index in [4.69, 9.17) is 0 Å². The Morgan fingerprint density at radius 3 is 2.50 bits per heavy atom. The fourth-order valence-corrected chi connectivity index (χ4v) is 2.85. The molecule has 0 aliphatic carbocycles. The van der Waals surface area contributed by atoms with Gasteiger partial charge in [0.1, 0.15) is 5.82 Å². The lowest BCUT2D eigenvalue weighted by Gasteiger charge is -2.19. The summed E-state index contributed by atoms with van der Waals surface area (Å²) in [5.74, 6) is -1.76. The Hall–Kier alpha value is -1.47. The second-order valence-corrected chi connectivity index (χ2v) is 6.95. The molecule has 0 aliphatic heterocycles. The molecule has 1 N–H and O–H groups in total. The highest BCUT2D eigenvalue weighted by Gasteiger charge is 2.24. The van der Waals surface area contributed by atoms with Crippen molar-refractivity contribution in [2.45, 2.75) is 30.8 Å². The lowest BCUT2D eigenvalue weighted by atomic mass is 9.98. The number of methoxy groups -OCH3 is 1. The van der Waals surface area contributed by atoms with Crippen LogP contribution >= 0.6 is 0 Å². The molecule has 5 nitrogen and oxygen atoms in total. The van der Waals surface area contributed by atoms with Crippen LogP contribution in [0.25, 0.3) is 0 Å². The van der Waals surface area contributed by atoms with Crippen molar-refractivity contribution in [3.63, 3.8) is 0 Å². The Balaban J connectivity index is 3.11. The second kappa shape index (κ2) is 5.88. The number of carbonyl (C=O) groups is 1. The van der Waals surface area contributed by atoms with Gasteiger partial charge in [-0.1, -0.05) is 0 Å². The van der Waals surface area contributed by atoms with Gasteiger partial charge in [0.15, 0.2) is 9.84 Å². The van der Waals surface area contributed by atoms with Crippen LogP contribution in [0, 0.1) is 5.82 Å². The van der Waals surface area contributed by atoms with Crippen LogP contribution in [0.1, 0.15) is 25.8 Å². The normalized spacial score (nSPS) is 12.2. The summed E-state index contributed by atoms with van der Waals surface area (Å²) in [5, 5.41) is 9.81. The highest BCUT2D eigenvalue weighted by Crippen LogP contribution is 2.26. The minimum absolute atomic E-state index is 0.114. The first-order chi connectivity index (χ1) is 9.08. The zero-order valence-electron chi connectivity index (χ0n) is 11.5. The van der Waals surface area contributed by atoms with Gasteiger partial charge in [0, 0.05) is 5.56 Å². The number of sulfone groups is 1. The maximum absolute atomic E-state index is 13.6. The third kappa shape index (κ3) is 4.01. The van der Waals surface area contributed by atoms with Crippen LogP contribution < -0.4 is 0 Å². The van der Waals surface area contributed by atoms with Gasteiger partial charge in [-0.25, -0.2) is 12.8 Å². The number of aliphatic hydroxyl groups is 1. The Bertz CT molecular complexity index is 602. The average Bonchev–Trinajstić information content (AvgIpc) is 2.34. The van der Waals surface area contributed by atoms with Gasteiger partial charge in [0.25, 0.3) is 0 Å². The number of benzene rings is 1. The standard InChI is InChI=1S/C13H17FO5S/c1-13(2,16)10-8-9(4-5-11(10)14)20(17,18)7-6-12(15)19-3/h4-5,8,16H,6-7H2,1-3H3. The molecule has 0 amide bonds. The first-order valence-corrected chi connectivity index (χ1v) is 7.55. The van der Waals surface area contributed by atoms with Gasteiger partial charge in [-0.15, -0.1) is 0 Å². The van der Waals surface area contributed by atoms with Crippen molar-refractivity contribution >= 4 is 15.8 Å². The molecule has 0 aromatic heterocycles. The van der Waals surface area contributed by atoms with Crippen molar-refractivity contribution in [3.05, 3.63) is 29.6 Å². The van der Waals surface area contributed by atoms with Crippen molar-refractivity contribution < 1.29 is 27.4 Å². The van der Waals surface area contributed by atoms with E-state index in [2.05, 4.69) is 4.74 Å². The van der Waals surface area contributed by atoms with E-state index in [1.54, 1.807) is 0 Å². The van der Waals surface area contributed by atoms with Crippen molar-refractivity contribution in [1.29, 1.82) is 0 Å². The largest absolute Gasteiger partial charge is 0.469 e. The van der Waals surface area contributed by atoms with Crippen LogP contribution in [-0.4, -0.2) is 32.4 Å². The number of esters is 1. The summed E-state index contributed by atoms with van der Waals surface area (Å²) in [6.45, 7) is 2.71. The van der Waals surface area contributed by atoms with Crippen molar-refractivity contribution in [2.24, 2.45) is 0 Å². The van der Waals surface area contributed by atoms with Crippen LogP contribution in [-0.2, 0) is 25.0 Å². The Morgan fingerprint density at radius 1 is 1.40 bits per heavy atom. The number of hydrogen-bond donors (Lipinski definition) is 1. The monoisotopic (exact) mass is 304 g/mol. The number of carbonyl (C=O) groups excluding carboxylic acids is 1. The smallest absolute Gasteiger partial charge is 0.306 e. The van der Waals surface area contributed by atoms with Crippen LogP contribution in [0.15, 0.2) is 23.1 Å². The van der Waals surface area contributed by atoms with E-state index in [9.17, 15) is 22.7 Å². The molecule has 0 aliphatic rings. The molecule has 0 spiro atoms. The van der Waals surface area contributed by atoms with Gasteiger partial charge in [0.2, 0.25) is 0 Å². The molecular formula is C13H17FO5S. The van der Waals surface area contributed by atoms with E-state index in [0.717, 1.165) is 18.2 Å². The molecule has 1 rings (SSSR count). The minimum Gasteiger partial charge on any atom is -0.469 e. The third-order valence-electron chi connectivity index (χ3n) is 2.76. The molecule has 0 fully saturated rings. The molecule has 0 saturated carbocycles. The summed E-state index contributed by atoms with van der Waals surface area (Å²) in [5.41, 5.74) is -1.62. The predicted octanol–water partition coefficient (Wildman–Crippen LogP) is 1.39. The van der Waals surface area contributed by atoms with Gasteiger partial charge < -0.3 is 9.84 Å². The van der Waals surface area contributed by atoms with Gasteiger partial charge >= 0.3 is 5.97 Å². The summed E-state index contributed by atoms with van der Waals surface area (Å²) in [7, 11) is -2.58. The maximum Gasteiger partial charge on any atom is 0.306 e. The van der Waals surface area contributed by atoms with E-state index in [0.29, 0.717) is 0 Å². The summed E-state index contributed by atoms with van der Waals surface area (Å²) < 4.78 is 42.0. The van der Waals surface area contributed by atoms with Crippen molar-refractivity contribution in [2.75, 3.05) is 12.9 Å². The first kappa shape index (κ1) is 16.6. The zero-order valence-corrected chi connectivity index (χ0v) is 12.3. The molecular weight excluding hydrogens is 287 g/mol. The highest BCUT2D eigenvalue weighted by atomic mass is 32.2. The average molecular weight is 304 g/mol. The van der Waals surface area contributed by atoms with Gasteiger partial charge in [-0.3, -0.25) is 4.79 Å². The molecule has 7 heteroatoms. The van der Waals surface area contributed by atoms with Crippen molar-refractivity contribution in [3.8, 4) is 0 Å². The number of halogens is 1. The molecule has 1 aromatic carbocycles. The molecule has 112 valence electrons. The summed E-state index contributed by atoms with van der Waals surface area (Å²) in [4.78, 5) is 10.8. The Kier molecular flexibility index (Phi) is 4.88. The van der Waals surface area contributed by atoms with E-state index >= 15 is 0 Å². The van der Waals surface area contributed by atoms with Crippen LogP contribution in [0.2, 0.25) is 0 Å². The van der Waals surface area contributed by atoms with Gasteiger partial charge in [-0.05, 0) is 32.0 Å². The number of hydrogen-bond acceptors (Lipinski definition) is 5. The molecule has 0 atom stereocenters. The van der Waals surface area contributed by atoms with E-state index in [-0.39, 0.29) is 16.9 Å². The van der Waals surface area contributed by atoms with Gasteiger partial charge in [-0.2, -0.15) is 0 Å². The van der Waals surface area contributed by atoms with Crippen LogP contribution in [0.3, 0.4) is 0 Å². The molecule has 20 heavy (non-hydrogen) atoms. The topological polar surface area (TPSA) is 80.7 Å². The van der Waals surface area contributed by atoms with Gasteiger partial charge in [0.05, 0.1) is 29.8 Å². The third-order valence-corrected chi connectivity index (χ3v) is 4.47. The van der Waals surface area contributed by atoms with E-state index < -0.39 is 33.0 Å². The number of ether oxygens (including phenoxy) is 1. The van der Waals surface area contributed by atoms with Crippen molar-refractivity contribution in [1.82, 2.24) is 0 Å². The molecule has 0 heterocycles. The van der Waals surface area contributed by atoms with E-state index in [1.807, 2.05) is 0 Å². The predicted molar refractivity (Wildman–Crippen MR) is 70.3 cm³/mol. The molecule has 0 radical (unpaired) electrons. The first-order valence-electron chi connectivity index (χ1n) is 5.90. The SMILES string of the molecule is COC(=O)CCS(=O)(=O)c1ccc(F)c(C(C)(C)O)c1. The Labute approximate surface area is 117 Å². The number of rotatable bonds is 5. The lowest BCUT2D eigenvalue weighted by Crippen LogP contribution is -2.19. The maximum atomic E-state index is 13.6. The van der Waals surface area contributed by atoms with Crippen LogP contribution in [0.5, 0.6) is 0 Å². The summed E-state index contributed by atoms with van der Waals surface area (Å²) >= 11 is 0. The fraction of sp³-hybridized carbons (Fsp3) is 0.462. The molecule has 0 unspecified atom stereocenters. The fourth-order valence-electron chi connectivity index (χ4n) is 1.60. The Morgan fingerprint density at radius 2 is 2.00 bits per heavy atom. The minimum atomic E-state index is -3.74. The lowest BCUT2D eigenvalue weighted by molar-refractivity contribution is -0.140. The zero-order chi connectivity index (χ0) is 15.6. The van der Waals surface area contributed by atoms with E-state index in [1.165, 1.54) is 21.0 Å². The summed E-state index contributed by atoms with van der Waals surface area (Å²) in [6, 6.07) is 3.18. The quantitative estimate of drug-likeness (QED) is 0.657. The van der Waals surface area contributed by atoms with Crippen LogP contribution in [0.4, 0.5) is 4.39 Å². The molecule has 1 aromatic rings. The molecule has 0 bridgehead atoms. The highest BCUT2D eigenvalue weighted by molar-refractivity contribution is 7.91. The summed E-state index contributed by atoms with van der Waals surface area (Å²) in [6.07, 6.45) is -0.284. The second-order valence-electron chi connectivity index (χ2n) is 4.85. The molecule has 0 saturated heterocycles.